The first kappa shape index (κ1) is 8.32. The molecule has 1 N–H and O–H groups in total. The minimum absolute atomic E-state index is 0.925. The van der Waals surface area contributed by atoms with Gasteiger partial charge in [0.15, 0.2) is 0 Å². The zero-order valence-electron chi connectivity index (χ0n) is 6.55. The van der Waals surface area contributed by atoms with E-state index in [0.29, 0.717) is 0 Å². The molecule has 0 unspecified atom stereocenters. The number of rotatable bonds is 2. The average Bonchev–Trinajstić information content (AvgIpc) is 2.50. The van der Waals surface area contributed by atoms with Crippen molar-refractivity contribution < 1.29 is 0 Å². The van der Waals surface area contributed by atoms with Crippen molar-refractivity contribution in [3.8, 4) is 11.8 Å². The third kappa shape index (κ3) is 3.22. The largest absolute Gasteiger partial charge is 0.319 e. The first-order valence-corrected chi connectivity index (χ1v) is 4.48. The van der Waals surface area contributed by atoms with E-state index in [9.17, 15) is 0 Å². The molecular weight excluding hydrogens is 154 g/mol. The molecule has 1 aromatic heterocycles. The summed E-state index contributed by atoms with van der Waals surface area (Å²) in [5.74, 6) is 6.17. The quantitative estimate of drug-likeness (QED) is 0.519. The molecule has 0 spiro atoms. The van der Waals surface area contributed by atoms with Crippen molar-refractivity contribution in [1.82, 2.24) is 5.32 Å². The molecule has 1 nitrogen and oxygen atoms in total. The molecule has 58 valence electrons. The highest BCUT2D eigenvalue weighted by atomic mass is 32.1. The molecule has 0 bridgehead atoms. The minimum atomic E-state index is 0.925. The van der Waals surface area contributed by atoms with E-state index in [1.54, 1.807) is 11.3 Å². The van der Waals surface area contributed by atoms with Gasteiger partial charge in [-0.2, -0.15) is 0 Å². The SMILES string of the molecule is CNCCC#Cc1cccs1. The Balaban J connectivity index is 2.33. The molecule has 0 amide bonds. The third-order valence-corrected chi connectivity index (χ3v) is 2.02. The first-order valence-electron chi connectivity index (χ1n) is 3.60. The summed E-state index contributed by atoms with van der Waals surface area (Å²) in [7, 11) is 1.94. The topological polar surface area (TPSA) is 12.0 Å². The van der Waals surface area contributed by atoms with Gasteiger partial charge in [-0.05, 0) is 18.5 Å². The van der Waals surface area contributed by atoms with E-state index in [2.05, 4.69) is 17.2 Å². The Kier molecular flexibility index (Phi) is 3.74. The molecule has 0 saturated heterocycles. The molecule has 0 aliphatic carbocycles. The maximum absolute atomic E-state index is 3.09. The van der Waals surface area contributed by atoms with Crippen LogP contribution in [0.3, 0.4) is 0 Å². The molecule has 1 rings (SSSR count). The summed E-state index contributed by atoms with van der Waals surface area (Å²) in [5, 5.41) is 5.09. The van der Waals surface area contributed by atoms with Gasteiger partial charge in [0.1, 0.15) is 0 Å². The highest BCUT2D eigenvalue weighted by molar-refractivity contribution is 7.10. The second-order valence-electron chi connectivity index (χ2n) is 2.13. The molecule has 0 atom stereocenters. The molecule has 0 aromatic carbocycles. The van der Waals surface area contributed by atoms with Crippen molar-refractivity contribution >= 4 is 11.3 Å². The Morgan fingerprint density at radius 1 is 1.64 bits per heavy atom. The van der Waals surface area contributed by atoms with Crippen molar-refractivity contribution in [3.05, 3.63) is 22.4 Å². The molecule has 0 saturated carbocycles. The lowest BCUT2D eigenvalue weighted by atomic mass is 10.4. The molecule has 2 heteroatoms. The fourth-order valence-corrected chi connectivity index (χ4v) is 1.28. The lowest BCUT2D eigenvalue weighted by molar-refractivity contribution is 0.818. The molecular formula is C9H11NS. The molecule has 1 heterocycles. The summed E-state index contributed by atoms with van der Waals surface area (Å²) >= 11 is 1.69. The Morgan fingerprint density at radius 2 is 2.55 bits per heavy atom. The smallest absolute Gasteiger partial charge is 0.0768 e. The van der Waals surface area contributed by atoms with Gasteiger partial charge in [-0.1, -0.05) is 17.9 Å². The maximum atomic E-state index is 3.09. The van der Waals surface area contributed by atoms with Crippen molar-refractivity contribution in [2.24, 2.45) is 0 Å². The average molecular weight is 165 g/mol. The van der Waals surface area contributed by atoms with Crippen molar-refractivity contribution in [1.29, 1.82) is 0 Å². The van der Waals surface area contributed by atoms with Crippen molar-refractivity contribution in [2.75, 3.05) is 13.6 Å². The van der Waals surface area contributed by atoms with Crippen LogP contribution in [0, 0.1) is 11.8 Å². The first-order chi connectivity index (χ1) is 5.43. The van der Waals surface area contributed by atoms with Crippen LogP contribution in [0.25, 0.3) is 0 Å². The highest BCUT2D eigenvalue weighted by Crippen LogP contribution is 2.05. The van der Waals surface area contributed by atoms with Crippen LogP contribution in [0.15, 0.2) is 17.5 Å². The zero-order chi connectivity index (χ0) is 7.94. The van der Waals surface area contributed by atoms with Gasteiger partial charge in [0.2, 0.25) is 0 Å². The number of hydrogen-bond donors (Lipinski definition) is 1. The van der Waals surface area contributed by atoms with Crippen LogP contribution >= 0.6 is 11.3 Å². The molecule has 0 aliphatic heterocycles. The lowest BCUT2D eigenvalue weighted by Crippen LogP contribution is -2.05. The van der Waals surface area contributed by atoms with E-state index in [4.69, 9.17) is 0 Å². The summed E-state index contributed by atoms with van der Waals surface area (Å²) in [6, 6.07) is 4.06. The summed E-state index contributed by atoms with van der Waals surface area (Å²) in [6.45, 7) is 0.971. The van der Waals surface area contributed by atoms with Crippen molar-refractivity contribution in [2.45, 2.75) is 6.42 Å². The number of thiophene rings is 1. The molecule has 0 aliphatic rings. The summed E-state index contributed by atoms with van der Waals surface area (Å²) < 4.78 is 0. The standard InChI is InChI=1S/C9H11NS/c1-10-7-3-2-5-9-6-4-8-11-9/h4,6,8,10H,3,7H2,1H3. The second-order valence-corrected chi connectivity index (χ2v) is 3.08. The van der Waals surface area contributed by atoms with Gasteiger partial charge in [0.25, 0.3) is 0 Å². The lowest BCUT2D eigenvalue weighted by Gasteiger charge is -1.86. The Bertz CT molecular complexity index is 240. The van der Waals surface area contributed by atoms with Crippen LogP contribution in [0.5, 0.6) is 0 Å². The second kappa shape index (κ2) is 4.95. The van der Waals surface area contributed by atoms with Gasteiger partial charge >= 0.3 is 0 Å². The molecule has 1 aromatic rings. The van der Waals surface area contributed by atoms with Gasteiger partial charge in [-0.25, -0.2) is 0 Å². The van der Waals surface area contributed by atoms with E-state index in [-0.39, 0.29) is 0 Å². The van der Waals surface area contributed by atoms with E-state index in [1.165, 1.54) is 0 Å². The third-order valence-electron chi connectivity index (χ3n) is 1.23. The van der Waals surface area contributed by atoms with Gasteiger partial charge in [0, 0.05) is 13.0 Å². The predicted molar refractivity (Wildman–Crippen MR) is 49.7 cm³/mol. The van der Waals surface area contributed by atoms with Crippen LogP contribution in [-0.2, 0) is 0 Å². The van der Waals surface area contributed by atoms with Gasteiger partial charge < -0.3 is 5.32 Å². The van der Waals surface area contributed by atoms with Crippen LogP contribution in [0.4, 0.5) is 0 Å². The van der Waals surface area contributed by atoms with E-state index >= 15 is 0 Å². The van der Waals surface area contributed by atoms with Crippen LogP contribution < -0.4 is 5.32 Å². The Hall–Kier alpha value is -0.780. The van der Waals surface area contributed by atoms with Gasteiger partial charge in [0.05, 0.1) is 4.88 Å². The zero-order valence-corrected chi connectivity index (χ0v) is 7.37. The normalized spacial score (nSPS) is 8.82. The van der Waals surface area contributed by atoms with E-state index in [0.717, 1.165) is 17.8 Å². The monoisotopic (exact) mass is 165 g/mol. The van der Waals surface area contributed by atoms with E-state index in [1.807, 2.05) is 24.6 Å². The maximum Gasteiger partial charge on any atom is 0.0768 e. The Morgan fingerprint density at radius 3 is 3.18 bits per heavy atom. The fraction of sp³-hybridized carbons (Fsp3) is 0.333. The molecule has 0 radical (unpaired) electrons. The predicted octanol–water partition coefficient (Wildman–Crippen LogP) is 1.71. The Labute approximate surface area is 71.4 Å². The van der Waals surface area contributed by atoms with E-state index < -0.39 is 0 Å². The summed E-state index contributed by atoms with van der Waals surface area (Å²) in [6.07, 6.45) is 0.925. The van der Waals surface area contributed by atoms with Crippen LogP contribution in [0.1, 0.15) is 11.3 Å². The number of nitrogens with one attached hydrogen (secondary N) is 1. The van der Waals surface area contributed by atoms with Gasteiger partial charge in [-0.3, -0.25) is 0 Å². The molecule has 11 heavy (non-hydrogen) atoms. The highest BCUT2D eigenvalue weighted by Gasteiger charge is 1.82. The minimum Gasteiger partial charge on any atom is -0.319 e. The van der Waals surface area contributed by atoms with Crippen LogP contribution in [-0.4, -0.2) is 13.6 Å². The summed E-state index contributed by atoms with van der Waals surface area (Å²) in [5.41, 5.74) is 0. The van der Waals surface area contributed by atoms with Gasteiger partial charge in [-0.15, -0.1) is 11.3 Å². The molecule has 0 fully saturated rings. The number of hydrogen-bond acceptors (Lipinski definition) is 2. The fourth-order valence-electron chi connectivity index (χ4n) is 0.687. The van der Waals surface area contributed by atoms with Crippen LogP contribution in [0.2, 0.25) is 0 Å². The summed E-state index contributed by atoms with van der Waals surface area (Å²) in [4.78, 5) is 1.15. The van der Waals surface area contributed by atoms with Crippen molar-refractivity contribution in [3.63, 3.8) is 0 Å².